The van der Waals surface area contributed by atoms with E-state index in [0.29, 0.717) is 5.57 Å². The maximum absolute atomic E-state index is 10.9. The number of unbranched alkanes of at least 4 members (excludes halogenated alkanes) is 2. The molecule has 0 aliphatic carbocycles. The second-order valence-electron chi connectivity index (χ2n) is 2.74. The Morgan fingerprint density at radius 3 is 2.42 bits per heavy atom. The van der Waals surface area contributed by atoms with Crippen molar-refractivity contribution < 1.29 is 4.79 Å². The van der Waals surface area contributed by atoms with E-state index in [1.807, 2.05) is 0 Å². The zero-order chi connectivity index (χ0) is 8.69. The molecule has 0 bridgehead atoms. The van der Waals surface area contributed by atoms with E-state index in [1.54, 1.807) is 6.92 Å². The van der Waals surface area contributed by atoms with Crippen LogP contribution in [0.4, 0.5) is 0 Å². The molecule has 3 nitrogen and oxygen atoms in total. The first-order valence-electron chi connectivity index (χ1n) is 4.12. The number of amides is 1. The monoisotopic (exact) mass is 172 g/mol. The highest BCUT2D eigenvalue weighted by Gasteiger charge is 1.98. The Morgan fingerprint density at radius 1 is 1.42 bits per heavy atom. The maximum atomic E-state index is 10.9. The van der Waals surface area contributed by atoms with Crippen LogP contribution >= 0.6 is 0 Å². The smallest absolute Gasteiger partial charge is 0.246 e. The lowest BCUT2D eigenvalue weighted by atomic mass is 10.2. The van der Waals surface area contributed by atoms with Crippen LogP contribution in [0.15, 0.2) is 12.2 Å². The van der Waals surface area contributed by atoms with Crippen LogP contribution in [0.5, 0.6) is 0 Å². The first-order chi connectivity index (χ1) is 5.18. The van der Waals surface area contributed by atoms with E-state index < -0.39 is 0 Å². The summed E-state index contributed by atoms with van der Waals surface area (Å²) in [6.45, 7) is 8.18. The first kappa shape index (κ1) is 13.7. The normalized spacial score (nSPS) is 8.50. The van der Waals surface area contributed by atoms with E-state index >= 15 is 0 Å². The number of rotatable bonds is 5. The van der Waals surface area contributed by atoms with Crippen LogP contribution in [-0.2, 0) is 4.79 Å². The third-order valence-corrected chi connectivity index (χ3v) is 1.45. The number of carbonyl (C=O) groups excluding carboxylic acids is 1. The number of nitrogens with one attached hydrogen (secondary N) is 1. The van der Waals surface area contributed by atoms with E-state index in [0.717, 1.165) is 13.0 Å². The molecular formula is C9H20N2O. The Balaban J connectivity index is 0. The van der Waals surface area contributed by atoms with Gasteiger partial charge in [0.05, 0.1) is 0 Å². The minimum atomic E-state index is -0.0268. The zero-order valence-electron chi connectivity index (χ0n) is 8.15. The van der Waals surface area contributed by atoms with Gasteiger partial charge in [-0.25, -0.2) is 0 Å². The van der Waals surface area contributed by atoms with Gasteiger partial charge >= 0.3 is 0 Å². The van der Waals surface area contributed by atoms with Crippen LogP contribution in [0, 0.1) is 0 Å². The van der Waals surface area contributed by atoms with Gasteiger partial charge in [-0.3, -0.25) is 4.79 Å². The molecule has 0 spiro atoms. The highest BCUT2D eigenvalue weighted by molar-refractivity contribution is 5.91. The van der Waals surface area contributed by atoms with Gasteiger partial charge in [-0.1, -0.05) is 26.3 Å². The quantitative estimate of drug-likeness (QED) is 0.492. The second-order valence-corrected chi connectivity index (χ2v) is 2.74. The van der Waals surface area contributed by atoms with Crippen LogP contribution in [0.3, 0.4) is 0 Å². The zero-order valence-corrected chi connectivity index (χ0v) is 8.15. The lowest BCUT2D eigenvalue weighted by molar-refractivity contribution is -0.117. The van der Waals surface area contributed by atoms with Crippen LogP contribution in [-0.4, -0.2) is 12.5 Å². The molecule has 0 fully saturated rings. The molecule has 0 saturated heterocycles. The van der Waals surface area contributed by atoms with Gasteiger partial charge in [0.15, 0.2) is 0 Å². The molecule has 0 saturated carbocycles. The standard InChI is InChI=1S/C9H17NO.H3N/c1-4-5-6-7-10-9(11)8(2)3;/h2,4-7H2,1,3H3,(H,10,11);1H3. The number of carbonyl (C=O) groups is 1. The molecule has 4 N–H and O–H groups in total. The second kappa shape index (κ2) is 8.27. The average molecular weight is 172 g/mol. The summed E-state index contributed by atoms with van der Waals surface area (Å²) in [7, 11) is 0. The average Bonchev–Trinajstić information content (AvgIpc) is 1.97. The molecule has 0 radical (unpaired) electrons. The van der Waals surface area contributed by atoms with Crippen LogP contribution in [0.1, 0.15) is 33.1 Å². The van der Waals surface area contributed by atoms with Crippen molar-refractivity contribution in [3.63, 3.8) is 0 Å². The number of hydrogen-bond acceptors (Lipinski definition) is 2. The highest BCUT2D eigenvalue weighted by atomic mass is 16.1. The summed E-state index contributed by atoms with van der Waals surface area (Å²) >= 11 is 0. The molecule has 0 heterocycles. The number of hydrogen-bond donors (Lipinski definition) is 2. The van der Waals surface area contributed by atoms with Crippen molar-refractivity contribution in [2.24, 2.45) is 0 Å². The molecule has 0 aromatic rings. The SMILES string of the molecule is C=C(C)C(=O)NCCCCC.N. The van der Waals surface area contributed by atoms with Crippen molar-refractivity contribution in [3.05, 3.63) is 12.2 Å². The third kappa shape index (κ3) is 7.28. The fourth-order valence-corrected chi connectivity index (χ4v) is 0.728. The van der Waals surface area contributed by atoms with Crippen molar-refractivity contribution in [1.29, 1.82) is 0 Å². The Kier molecular flexibility index (Phi) is 9.47. The predicted molar refractivity (Wildman–Crippen MR) is 52.4 cm³/mol. The van der Waals surface area contributed by atoms with Crippen molar-refractivity contribution in [3.8, 4) is 0 Å². The Hall–Kier alpha value is -0.830. The van der Waals surface area contributed by atoms with Gasteiger partial charge in [-0.05, 0) is 13.3 Å². The molecular weight excluding hydrogens is 152 g/mol. The van der Waals surface area contributed by atoms with Crippen molar-refractivity contribution >= 4 is 5.91 Å². The van der Waals surface area contributed by atoms with E-state index in [9.17, 15) is 4.79 Å². The highest BCUT2D eigenvalue weighted by Crippen LogP contribution is 1.92. The molecule has 0 atom stereocenters. The molecule has 0 aromatic carbocycles. The summed E-state index contributed by atoms with van der Waals surface area (Å²) in [6, 6.07) is 0. The molecule has 0 rings (SSSR count). The van der Waals surface area contributed by atoms with Crippen LogP contribution < -0.4 is 11.5 Å². The Bertz CT molecular complexity index is 143. The lowest BCUT2D eigenvalue weighted by Crippen LogP contribution is -2.24. The van der Waals surface area contributed by atoms with Crippen molar-refractivity contribution in [2.75, 3.05) is 6.54 Å². The van der Waals surface area contributed by atoms with Gasteiger partial charge in [-0.2, -0.15) is 0 Å². The largest absolute Gasteiger partial charge is 0.352 e. The summed E-state index contributed by atoms with van der Waals surface area (Å²) in [5, 5.41) is 2.78. The summed E-state index contributed by atoms with van der Waals surface area (Å²) in [5.41, 5.74) is 0.585. The van der Waals surface area contributed by atoms with Gasteiger partial charge in [-0.15, -0.1) is 0 Å². The molecule has 12 heavy (non-hydrogen) atoms. The van der Waals surface area contributed by atoms with Crippen molar-refractivity contribution in [1.82, 2.24) is 11.5 Å². The summed E-state index contributed by atoms with van der Waals surface area (Å²) in [4.78, 5) is 10.9. The van der Waals surface area contributed by atoms with E-state index in [4.69, 9.17) is 0 Å². The molecule has 0 unspecified atom stereocenters. The molecule has 0 aliphatic rings. The fraction of sp³-hybridized carbons (Fsp3) is 0.667. The van der Waals surface area contributed by atoms with Gasteiger partial charge in [0.1, 0.15) is 0 Å². The molecule has 0 aliphatic heterocycles. The molecule has 72 valence electrons. The summed E-state index contributed by atoms with van der Waals surface area (Å²) < 4.78 is 0. The molecule has 3 heteroatoms. The topological polar surface area (TPSA) is 64.1 Å². The van der Waals surface area contributed by atoms with Gasteiger partial charge in [0.2, 0.25) is 5.91 Å². The van der Waals surface area contributed by atoms with E-state index in [2.05, 4.69) is 18.8 Å². The molecule has 0 aromatic heterocycles. The van der Waals surface area contributed by atoms with Gasteiger partial charge < -0.3 is 11.5 Å². The fourth-order valence-electron chi connectivity index (χ4n) is 0.728. The minimum Gasteiger partial charge on any atom is -0.352 e. The Labute approximate surface area is 74.8 Å². The van der Waals surface area contributed by atoms with Crippen molar-refractivity contribution in [2.45, 2.75) is 33.1 Å². The third-order valence-electron chi connectivity index (χ3n) is 1.45. The minimum absolute atomic E-state index is 0. The van der Waals surface area contributed by atoms with Crippen LogP contribution in [0.25, 0.3) is 0 Å². The summed E-state index contributed by atoms with van der Waals surface area (Å²) in [5.74, 6) is -0.0268. The van der Waals surface area contributed by atoms with E-state index in [-0.39, 0.29) is 12.1 Å². The van der Waals surface area contributed by atoms with Crippen LogP contribution in [0.2, 0.25) is 0 Å². The van der Waals surface area contributed by atoms with Gasteiger partial charge in [0.25, 0.3) is 0 Å². The van der Waals surface area contributed by atoms with E-state index in [1.165, 1.54) is 12.8 Å². The maximum Gasteiger partial charge on any atom is 0.246 e. The molecule has 1 amide bonds. The predicted octanol–water partition coefficient (Wildman–Crippen LogP) is 2.03. The first-order valence-corrected chi connectivity index (χ1v) is 4.12. The lowest BCUT2D eigenvalue weighted by Gasteiger charge is -2.02. The Morgan fingerprint density at radius 2 is 2.00 bits per heavy atom. The van der Waals surface area contributed by atoms with Gasteiger partial charge in [0, 0.05) is 12.1 Å². The summed E-state index contributed by atoms with van der Waals surface area (Å²) in [6.07, 6.45) is 3.43.